The molecule has 0 spiro atoms. The lowest BCUT2D eigenvalue weighted by Crippen LogP contribution is -2.61. The zero-order valence-electron chi connectivity index (χ0n) is 26.0. The number of nitrogens with zero attached hydrogens (tertiary/aromatic N) is 1. The first-order valence-electron chi connectivity index (χ1n) is 15.6. The summed E-state index contributed by atoms with van der Waals surface area (Å²) in [7, 11) is -3.74. The van der Waals surface area contributed by atoms with Gasteiger partial charge in [-0.25, -0.2) is 17.6 Å². The highest BCUT2D eigenvalue weighted by Crippen LogP contribution is 2.45. The number of pyridine rings is 1. The van der Waals surface area contributed by atoms with Gasteiger partial charge < -0.3 is 8.85 Å². The lowest BCUT2D eigenvalue weighted by molar-refractivity contribution is 0.00463. The van der Waals surface area contributed by atoms with Crippen molar-refractivity contribution < 1.29 is 26.4 Å². The number of hydrogen-bond donors (Lipinski definition) is 0. The Balaban J connectivity index is 1.57. The molecule has 3 nitrogen and oxygen atoms in total. The summed E-state index contributed by atoms with van der Waals surface area (Å²) in [6.07, 6.45) is 0.438. The van der Waals surface area contributed by atoms with Crippen LogP contribution in [0, 0.1) is 23.3 Å². The van der Waals surface area contributed by atoms with Gasteiger partial charge in [0.1, 0.15) is 34.5 Å². The van der Waals surface area contributed by atoms with Crippen LogP contribution in [-0.4, -0.2) is 13.5 Å². The second kappa shape index (κ2) is 12.6. The summed E-state index contributed by atoms with van der Waals surface area (Å²) in [6.45, 7) is 1.94. The normalized spacial score (nSPS) is 16.6. The van der Waals surface area contributed by atoms with Crippen LogP contribution in [0.2, 0.25) is 6.55 Å². The van der Waals surface area contributed by atoms with E-state index in [1.807, 2.05) is 55.1 Å². The Hall–Kier alpha value is -4.89. The van der Waals surface area contributed by atoms with Gasteiger partial charge in [0, 0.05) is 24.2 Å². The van der Waals surface area contributed by atoms with Crippen LogP contribution in [0.15, 0.2) is 146 Å². The van der Waals surface area contributed by atoms with E-state index in [1.54, 1.807) is 48.5 Å². The van der Waals surface area contributed by atoms with E-state index in [0.717, 1.165) is 5.19 Å². The predicted molar refractivity (Wildman–Crippen MR) is 179 cm³/mol. The van der Waals surface area contributed by atoms with Crippen LogP contribution in [0.25, 0.3) is 0 Å². The van der Waals surface area contributed by atoms with Crippen molar-refractivity contribution >= 4 is 13.7 Å². The Morgan fingerprint density at radius 2 is 0.792 bits per heavy atom. The van der Waals surface area contributed by atoms with E-state index in [-0.39, 0.29) is 12.8 Å². The van der Waals surface area contributed by atoms with Crippen molar-refractivity contribution in [1.29, 1.82) is 0 Å². The zero-order chi connectivity index (χ0) is 33.4. The first-order chi connectivity index (χ1) is 23.2. The molecule has 6 aromatic rings. The minimum Gasteiger partial charge on any atom is -0.376 e. The maximum Gasteiger partial charge on any atom is 0.371 e. The van der Waals surface area contributed by atoms with Crippen LogP contribution in [-0.2, 0) is 32.9 Å². The molecule has 48 heavy (non-hydrogen) atoms. The third-order valence-electron chi connectivity index (χ3n) is 9.00. The Morgan fingerprint density at radius 1 is 0.458 bits per heavy atom. The van der Waals surface area contributed by atoms with E-state index in [9.17, 15) is 17.6 Å². The van der Waals surface area contributed by atoms with Crippen molar-refractivity contribution in [3.63, 3.8) is 0 Å². The third-order valence-corrected chi connectivity index (χ3v) is 11.9. The molecule has 0 fully saturated rings. The van der Waals surface area contributed by atoms with Gasteiger partial charge in [0.25, 0.3) is 0 Å². The lowest BCUT2D eigenvalue weighted by atomic mass is 9.81. The van der Waals surface area contributed by atoms with Crippen LogP contribution in [0.4, 0.5) is 17.6 Å². The fourth-order valence-electron chi connectivity index (χ4n) is 6.71. The van der Waals surface area contributed by atoms with Gasteiger partial charge in [-0.05, 0) is 94.7 Å². The summed E-state index contributed by atoms with van der Waals surface area (Å²) in [4.78, 5) is 5.08. The van der Waals surface area contributed by atoms with Crippen LogP contribution < -0.4 is 5.19 Å². The highest BCUT2D eigenvalue weighted by molar-refractivity contribution is 6.80. The van der Waals surface area contributed by atoms with Gasteiger partial charge in [-0.2, -0.15) is 0 Å². The van der Waals surface area contributed by atoms with Gasteiger partial charge in [-0.3, -0.25) is 4.98 Å². The average Bonchev–Trinajstić information content (AvgIpc) is 3.09. The molecule has 5 aromatic carbocycles. The van der Waals surface area contributed by atoms with Crippen LogP contribution in [0.5, 0.6) is 0 Å². The van der Waals surface area contributed by atoms with Crippen molar-refractivity contribution in [2.75, 3.05) is 0 Å². The maximum atomic E-state index is 14.4. The van der Waals surface area contributed by atoms with Crippen LogP contribution in [0.1, 0.15) is 33.6 Å². The first-order valence-corrected chi connectivity index (χ1v) is 17.9. The number of rotatable bonds is 5. The van der Waals surface area contributed by atoms with Crippen molar-refractivity contribution in [2.45, 2.75) is 30.6 Å². The highest BCUT2D eigenvalue weighted by Gasteiger charge is 2.53. The number of halogens is 4. The summed E-state index contributed by atoms with van der Waals surface area (Å²) in [6, 6.07) is 39.6. The van der Waals surface area contributed by atoms with Gasteiger partial charge in [-0.15, -0.1) is 0 Å². The number of hydrogen-bond acceptors (Lipinski definition) is 3. The summed E-state index contributed by atoms with van der Waals surface area (Å²) >= 11 is 0. The Labute approximate surface area is 277 Å². The maximum absolute atomic E-state index is 14.4. The van der Waals surface area contributed by atoms with Gasteiger partial charge in [0.15, 0.2) is 0 Å². The van der Waals surface area contributed by atoms with E-state index in [4.69, 9.17) is 13.8 Å². The van der Waals surface area contributed by atoms with Crippen LogP contribution in [0.3, 0.4) is 0 Å². The number of fused-ring (bicyclic) bond motifs is 2. The minimum atomic E-state index is -3.74. The molecule has 1 aliphatic rings. The van der Waals surface area contributed by atoms with E-state index >= 15 is 0 Å². The molecule has 240 valence electrons. The minimum absolute atomic E-state index is 0.219. The Kier molecular flexibility index (Phi) is 8.33. The highest BCUT2D eigenvalue weighted by atomic mass is 28.4. The summed E-state index contributed by atoms with van der Waals surface area (Å²) < 4.78 is 72.9. The van der Waals surface area contributed by atoms with E-state index in [1.165, 1.54) is 48.5 Å². The van der Waals surface area contributed by atoms with E-state index < -0.39 is 43.0 Å². The average molecular weight is 662 g/mol. The quantitative estimate of drug-likeness (QED) is 0.137. The van der Waals surface area contributed by atoms with Gasteiger partial charge >= 0.3 is 8.56 Å². The summed E-state index contributed by atoms with van der Waals surface area (Å²) in [5.41, 5.74) is 1.17. The second-order valence-corrected chi connectivity index (χ2v) is 15.0. The Morgan fingerprint density at radius 3 is 1.12 bits per heavy atom. The van der Waals surface area contributed by atoms with Gasteiger partial charge in [0.2, 0.25) is 0 Å². The Bertz CT molecular complexity index is 1810. The summed E-state index contributed by atoms with van der Waals surface area (Å²) in [5.74, 6) is -1.67. The molecule has 0 amide bonds. The molecule has 1 aliphatic heterocycles. The van der Waals surface area contributed by atoms with E-state index in [2.05, 4.69) is 0 Å². The number of benzene rings is 5. The SMILES string of the molecule is C[Si]1(c2ccccc2)OC(c2ccc(F)cc2)(c2ccc(F)cc2)Cc2cccc(n2)CC(c2ccc(F)cc2)(c2ccc(F)cc2)O1. The van der Waals surface area contributed by atoms with Crippen molar-refractivity contribution in [3.8, 4) is 0 Å². The smallest absolute Gasteiger partial charge is 0.371 e. The molecule has 2 bridgehead atoms. The molecule has 0 unspecified atom stereocenters. The third kappa shape index (κ3) is 5.99. The first kappa shape index (κ1) is 31.7. The zero-order valence-corrected chi connectivity index (χ0v) is 27.0. The molecule has 0 aliphatic carbocycles. The monoisotopic (exact) mass is 661 g/mol. The standard InChI is InChI=1S/C40H31F4NO2Si/c1-48(38-8-3-2-4-9-38)46-39(28-10-18-32(41)19-11-28,29-12-20-33(42)21-13-29)26-36-6-5-7-37(45-36)27-40(47-48,30-14-22-34(43)23-15-30)31-16-24-35(44)25-17-31/h2-25H,26-27H2,1H3. The summed E-state index contributed by atoms with van der Waals surface area (Å²) in [5, 5.41) is 0.782. The van der Waals surface area contributed by atoms with Crippen molar-refractivity contribution in [3.05, 3.63) is 203 Å². The molecular formula is C40H31F4NO2Si. The molecule has 1 aromatic heterocycles. The molecule has 0 radical (unpaired) electrons. The van der Waals surface area contributed by atoms with E-state index in [0.29, 0.717) is 33.6 Å². The molecule has 0 atom stereocenters. The van der Waals surface area contributed by atoms with Crippen LogP contribution >= 0.6 is 0 Å². The molecular weight excluding hydrogens is 631 g/mol. The molecule has 2 heterocycles. The predicted octanol–water partition coefficient (Wildman–Crippen LogP) is 8.64. The molecule has 0 saturated heterocycles. The molecule has 7 rings (SSSR count). The second-order valence-electron chi connectivity index (χ2n) is 12.2. The lowest BCUT2D eigenvalue weighted by Gasteiger charge is -2.48. The largest absolute Gasteiger partial charge is 0.376 e. The van der Waals surface area contributed by atoms with Crippen molar-refractivity contribution in [1.82, 2.24) is 4.98 Å². The fraction of sp³-hybridized carbons (Fsp3) is 0.125. The van der Waals surface area contributed by atoms with Gasteiger partial charge in [0.05, 0.1) is 0 Å². The number of aromatic nitrogens is 1. The molecule has 0 saturated carbocycles. The topological polar surface area (TPSA) is 31.4 Å². The molecule has 8 heteroatoms. The molecule has 0 N–H and O–H groups in total. The van der Waals surface area contributed by atoms with Crippen molar-refractivity contribution in [2.24, 2.45) is 0 Å². The van der Waals surface area contributed by atoms with Gasteiger partial charge in [-0.1, -0.05) is 84.9 Å². The fourth-order valence-corrected chi connectivity index (χ4v) is 9.73.